The molecule has 0 radical (unpaired) electrons. The van der Waals surface area contributed by atoms with Crippen molar-refractivity contribution in [3.8, 4) is 0 Å². The SMILES string of the molecule is CC(=O)NC(CS(=O)(=O)Cc1csc(C)n1)C(=O)O. The second-order valence-corrected chi connectivity index (χ2v) is 7.18. The predicted octanol–water partition coefficient (Wildman–Crippen LogP) is -0.0444. The Morgan fingerprint density at radius 1 is 1.53 bits per heavy atom. The Morgan fingerprint density at radius 3 is 2.58 bits per heavy atom. The quantitative estimate of drug-likeness (QED) is 0.762. The number of aromatic nitrogens is 1. The summed E-state index contributed by atoms with van der Waals surface area (Å²) >= 11 is 1.32. The van der Waals surface area contributed by atoms with E-state index in [0.717, 1.165) is 11.9 Å². The maximum absolute atomic E-state index is 11.9. The van der Waals surface area contributed by atoms with Gasteiger partial charge in [0, 0.05) is 12.3 Å². The molecule has 19 heavy (non-hydrogen) atoms. The Morgan fingerprint density at radius 2 is 2.16 bits per heavy atom. The molecule has 7 nitrogen and oxygen atoms in total. The molecule has 1 aromatic heterocycles. The highest BCUT2D eigenvalue weighted by atomic mass is 32.2. The summed E-state index contributed by atoms with van der Waals surface area (Å²) in [5, 5.41) is 13.3. The lowest BCUT2D eigenvalue weighted by Crippen LogP contribution is -2.44. The summed E-state index contributed by atoms with van der Waals surface area (Å²) in [5.74, 6) is -2.96. The molecular formula is C10H14N2O5S2. The first-order chi connectivity index (χ1) is 8.69. The van der Waals surface area contributed by atoms with Crippen molar-refractivity contribution in [2.75, 3.05) is 5.75 Å². The van der Waals surface area contributed by atoms with Crippen molar-refractivity contribution >= 4 is 33.1 Å². The van der Waals surface area contributed by atoms with E-state index >= 15 is 0 Å². The number of sulfone groups is 1. The lowest BCUT2D eigenvalue weighted by Gasteiger charge is -2.12. The smallest absolute Gasteiger partial charge is 0.327 e. The van der Waals surface area contributed by atoms with Crippen LogP contribution in [0.2, 0.25) is 0 Å². The van der Waals surface area contributed by atoms with Crippen LogP contribution in [0.15, 0.2) is 5.38 Å². The van der Waals surface area contributed by atoms with Crippen LogP contribution in [0.25, 0.3) is 0 Å². The summed E-state index contributed by atoms with van der Waals surface area (Å²) in [6.45, 7) is 2.88. The Kier molecular flexibility index (Phi) is 5.01. The van der Waals surface area contributed by atoms with E-state index in [0.29, 0.717) is 5.69 Å². The number of aryl methyl sites for hydroxylation is 1. The highest BCUT2D eigenvalue weighted by molar-refractivity contribution is 7.90. The standard InChI is InChI=1S/C10H14N2O5S2/c1-6(13)11-9(10(14)15)5-19(16,17)4-8-3-18-7(2)12-8/h3,9H,4-5H2,1-2H3,(H,11,13)(H,14,15). The first kappa shape index (κ1) is 15.6. The summed E-state index contributed by atoms with van der Waals surface area (Å²) < 4.78 is 23.7. The summed E-state index contributed by atoms with van der Waals surface area (Å²) in [4.78, 5) is 25.7. The summed E-state index contributed by atoms with van der Waals surface area (Å²) in [6.07, 6.45) is 0. The maximum Gasteiger partial charge on any atom is 0.327 e. The van der Waals surface area contributed by atoms with Crippen molar-refractivity contribution in [3.05, 3.63) is 16.1 Å². The summed E-state index contributed by atoms with van der Waals surface area (Å²) in [7, 11) is -3.66. The van der Waals surface area contributed by atoms with Crippen LogP contribution in [-0.2, 0) is 25.2 Å². The van der Waals surface area contributed by atoms with Crippen molar-refractivity contribution in [1.82, 2.24) is 10.3 Å². The number of carboxylic acids is 1. The van der Waals surface area contributed by atoms with Crippen LogP contribution < -0.4 is 5.32 Å². The second-order valence-electron chi connectivity index (χ2n) is 4.00. The van der Waals surface area contributed by atoms with E-state index in [-0.39, 0.29) is 5.75 Å². The molecule has 2 N–H and O–H groups in total. The van der Waals surface area contributed by atoms with Gasteiger partial charge in [0.2, 0.25) is 5.91 Å². The number of hydrogen-bond donors (Lipinski definition) is 2. The van der Waals surface area contributed by atoms with E-state index in [1.807, 2.05) is 0 Å². The second kappa shape index (κ2) is 6.11. The van der Waals surface area contributed by atoms with E-state index in [4.69, 9.17) is 5.11 Å². The first-order valence-corrected chi connectivity index (χ1v) is 8.01. The zero-order valence-electron chi connectivity index (χ0n) is 10.4. The fourth-order valence-corrected chi connectivity index (χ4v) is 3.60. The van der Waals surface area contributed by atoms with E-state index in [1.54, 1.807) is 12.3 Å². The van der Waals surface area contributed by atoms with E-state index < -0.39 is 33.5 Å². The van der Waals surface area contributed by atoms with Gasteiger partial charge in [0.15, 0.2) is 9.84 Å². The van der Waals surface area contributed by atoms with Crippen LogP contribution in [0.4, 0.5) is 0 Å². The molecule has 0 bridgehead atoms. The van der Waals surface area contributed by atoms with Gasteiger partial charge in [-0.15, -0.1) is 11.3 Å². The van der Waals surface area contributed by atoms with Gasteiger partial charge in [-0.3, -0.25) is 4.79 Å². The largest absolute Gasteiger partial charge is 0.480 e. The zero-order chi connectivity index (χ0) is 14.6. The molecule has 0 saturated heterocycles. The Bertz CT molecular complexity index is 578. The minimum atomic E-state index is -3.66. The predicted molar refractivity (Wildman–Crippen MR) is 69.6 cm³/mol. The van der Waals surface area contributed by atoms with Crippen molar-refractivity contribution in [1.29, 1.82) is 0 Å². The average molecular weight is 306 g/mol. The Hall–Kier alpha value is -1.48. The number of hydrogen-bond acceptors (Lipinski definition) is 6. The maximum atomic E-state index is 11.9. The zero-order valence-corrected chi connectivity index (χ0v) is 12.0. The molecule has 9 heteroatoms. The highest BCUT2D eigenvalue weighted by Gasteiger charge is 2.26. The number of nitrogens with zero attached hydrogens (tertiary/aromatic N) is 1. The minimum Gasteiger partial charge on any atom is -0.480 e. The number of carbonyl (C=O) groups is 2. The molecule has 0 aliphatic heterocycles. The third-order valence-corrected chi connectivity index (χ3v) is 4.53. The number of nitrogens with one attached hydrogen (secondary N) is 1. The number of carboxylic acid groups (broad SMARTS) is 1. The fourth-order valence-electron chi connectivity index (χ4n) is 1.43. The summed E-state index contributed by atoms with van der Waals surface area (Å²) in [6, 6.07) is -1.44. The fraction of sp³-hybridized carbons (Fsp3) is 0.500. The minimum absolute atomic E-state index is 0.333. The molecule has 1 aromatic rings. The van der Waals surface area contributed by atoms with Crippen molar-refractivity contribution in [2.45, 2.75) is 25.6 Å². The molecular weight excluding hydrogens is 292 g/mol. The van der Waals surface area contributed by atoms with Crippen LogP contribution in [0.1, 0.15) is 17.6 Å². The van der Waals surface area contributed by atoms with Gasteiger partial charge in [0.25, 0.3) is 0 Å². The van der Waals surface area contributed by atoms with Crippen LogP contribution >= 0.6 is 11.3 Å². The van der Waals surface area contributed by atoms with Gasteiger partial charge in [-0.2, -0.15) is 0 Å². The van der Waals surface area contributed by atoms with Gasteiger partial charge in [-0.1, -0.05) is 0 Å². The van der Waals surface area contributed by atoms with E-state index in [2.05, 4.69) is 10.3 Å². The molecule has 0 aliphatic carbocycles. The third kappa shape index (κ3) is 5.35. The van der Waals surface area contributed by atoms with Crippen molar-refractivity contribution in [2.24, 2.45) is 0 Å². The number of aliphatic carboxylic acids is 1. The van der Waals surface area contributed by atoms with Crippen LogP contribution in [-0.4, -0.2) is 42.2 Å². The number of thiazole rings is 1. The van der Waals surface area contributed by atoms with Gasteiger partial charge in [-0.25, -0.2) is 18.2 Å². The molecule has 0 aromatic carbocycles. The number of carbonyl (C=O) groups excluding carboxylic acids is 1. The van der Waals surface area contributed by atoms with Crippen molar-refractivity contribution < 1.29 is 23.1 Å². The lowest BCUT2D eigenvalue weighted by atomic mass is 10.3. The molecule has 0 aliphatic rings. The molecule has 0 saturated carbocycles. The lowest BCUT2D eigenvalue weighted by molar-refractivity contribution is -0.140. The molecule has 1 atom stereocenters. The summed E-state index contributed by atoms with van der Waals surface area (Å²) in [5.41, 5.74) is 0.384. The third-order valence-electron chi connectivity index (χ3n) is 2.13. The first-order valence-electron chi connectivity index (χ1n) is 5.31. The van der Waals surface area contributed by atoms with Gasteiger partial charge < -0.3 is 10.4 Å². The monoisotopic (exact) mass is 306 g/mol. The van der Waals surface area contributed by atoms with Crippen LogP contribution in [0.5, 0.6) is 0 Å². The average Bonchev–Trinajstić information content (AvgIpc) is 2.60. The Labute approximate surface area is 114 Å². The van der Waals surface area contributed by atoms with Crippen LogP contribution in [0.3, 0.4) is 0 Å². The van der Waals surface area contributed by atoms with E-state index in [1.165, 1.54) is 11.3 Å². The molecule has 106 valence electrons. The van der Waals surface area contributed by atoms with Gasteiger partial charge in [0.05, 0.1) is 22.2 Å². The van der Waals surface area contributed by atoms with Gasteiger partial charge in [0.1, 0.15) is 6.04 Å². The molecule has 0 fully saturated rings. The molecule has 1 amide bonds. The Balaban J connectivity index is 2.76. The molecule has 1 heterocycles. The normalized spacial score (nSPS) is 12.9. The van der Waals surface area contributed by atoms with Gasteiger partial charge in [-0.05, 0) is 6.92 Å². The highest BCUT2D eigenvalue weighted by Crippen LogP contribution is 2.12. The van der Waals surface area contributed by atoms with E-state index in [9.17, 15) is 18.0 Å². The van der Waals surface area contributed by atoms with Gasteiger partial charge >= 0.3 is 5.97 Å². The number of rotatable bonds is 6. The topological polar surface area (TPSA) is 113 Å². The van der Waals surface area contributed by atoms with Crippen molar-refractivity contribution in [3.63, 3.8) is 0 Å². The molecule has 1 unspecified atom stereocenters. The molecule has 0 spiro atoms. The molecule has 1 rings (SSSR count). The van der Waals surface area contributed by atoms with Crippen LogP contribution in [0, 0.1) is 6.92 Å². The number of amides is 1.